The molecule has 2 rings (SSSR count). The first-order valence-electron chi connectivity index (χ1n) is 4.23. The van der Waals surface area contributed by atoms with Crippen LogP contribution in [0, 0.1) is 0 Å². The molecule has 0 bridgehead atoms. The SMILES string of the molecule is CC1(C)c2ncncc2C(=O)NS1(=O)=O. The van der Waals surface area contributed by atoms with Crippen LogP contribution in [0.1, 0.15) is 29.9 Å². The number of hydrogen-bond donors (Lipinski definition) is 1. The average molecular weight is 227 g/mol. The Morgan fingerprint density at radius 1 is 1.40 bits per heavy atom. The maximum absolute atomic E-state index is 11.7. The van der Waals surface area contributed by atoms with Crippen molar-refractivity contribution < 1.29 is 13.2 Å². The minimum atomic E-state index is -3.71. The summed E-state index contributed by atoms with van der Waals surface area (Å²) < 4.78 is 24.1. The van der Waals surface area contributed by atoms with E-state index in [1.165, 1.54) is 26.4 Å². The van der Waals surface area contributed by atoms with E-state index >= 15 is 0 Å². The van der Waals surface area contributed by atoms with Gasteiger partial charge in [0.25, 0.3) is 5.91 Å². The Labute approximate surface area is 86.8 Å². The van der Waals surface area contributed by atoms with Crippen molar-refractivity contribution in [3.05, 3.63) is 23.8 Å². The van der Waals surface area contributed by atoms with Crippen LogP contribution in [-0.4, -0.2) is 24.3 Å². The summed E-state index contributed by atoms with van der Waals surface area (Å²) in [5.41, 5.74) is 0.443. The Morgan fingerprint density at radius 2 is 2.07 bits per heavy atom. The third-order valence-corrected chi connectivity index (χ3v) is 4.42. The Balaban J connectivity index is 2.80. The minimum absolute atomic E-state index is 0.206. The van der Waals surface area contributed by atoms with Crippen LogP contribution in [0.3, 0.4) is 0 Å². The average Bonchev–Trinajstić information content (AvgIpc) is 2.15. The number of nitrogens with one attached hydrogen (secondary N) is 1. The molecule has 6 nitrogen and oxygen atoms in total. The summed E-state index contributed by atoms with van der Waals surface area (Å²) in [6, 6.07) is 0. The van der Waals surface area contributed by atoms with Gasteiger partial charge in [0.2, 0.25) is 10.0 Å². The molecule has 1 aromatic rings. The summed E-state index contributed by atoms with van der Waals surface area (Å²) in [7, 11) is -3.71. The van der Waals surface area contributed by atoms with Gasteiger partial charge in [0.05, 0.1) is 11.3 Å². The van der Waals surface area contributed by atoms with Crippen molar-refractivity contribution in [2.24, 2.45) is 0 Å². The van der Waals surface area contributed by atoms with Crippen molar-refractivity contribution in [1.29, 1.82) is 0 Å². The van der Waals surface area contributed by atoms with E-state index in [1.54, 1.807) is 0 Å². The van der Waals surface area contributed by atoms with Gasteiger partial charge in [-0.2, -0.15) is 0 Å². The fourth-order valence-electron chi connectivity index (χ4n) is 1.41. The summed E-state index contributed by atoms with van der Waals surface area (Å²) in [6.45, 7) is 2.99. The Kier molecular flexibility index (Phi) is 1.84. The van der Waals surface area contributed by atoms with Crippen molar-refractivity contribution in [2.45, 2.75) is 18.6 Å². The number of hydrogen-bond acceptors (Lipinski definition) is 5. The summed E-state index contributed by atoms with van der Waals surface area (Å²) >= 11 is 0. The number of aromatic nitrogens is 2. The topological polar surface area (TPSA) is 89.0 Å². The van der Waals surface area contributed by atoms with Crippen LogP contribution in [0.25, 0.3) is 0 Å². The van der Waals surface area contributed by atoms with Crippen LogP contribution >= 0.6 is 0 Å². The highest BCUT2D eigenvalue weighted by molar-refractivity contribution is 7.91. The molecule has 0 aromatic carbocycles. The Morgan fingerprint density at radius 3 is 2.73 bits per heavy atom. The van der Waals surface area contributed by atoms with Crippen molar-refractivity contribution in [3.63, 3.8) is 0 Å². The highest BCUT2D eigenvalue weighted by Crippen LogP contribution is 2.32. The molecule has 0 unspecified atom stereocenters. The molecule has 15 heavy (non-hydrogen) atoms. The van der Waals surface area contributed by atoms with Crippen LogP contribution in [0.4, 0.5) is 0 Å². The third kappa shape index (κ3) is 1.23. The Hall–Kier alpha value is -1.50. The predicted molar refractivity (Wildman–Crippen MR) is 51.4 cm³/mol. The van der Waals surface area contributed by atoms with Gasteiger partial charge >= 0.3 is 0 Å². The van der Waals surface area contributed by atoms with Gasteiger partial charge in [0, 0.05) is 6.20 Å². The van der Waals surface area contributed by atoms with Gasteiger partial charge in [-0.1, -0.05) is 0 Å². The number of fused-ring (bicyclic) bond motifs is 1. The van der Waals surface area contributed by atoms with Gasteiger partial charge in [0.15, 0.2) is 0 Å². The monoisotopic (exact) mass is 227 g/mol. The summed E-state index contributed by atoms with van der Waals surface area (Å²) in [5, 5.41) is 0. The fourth-order valence-corrected chi connectivity index (χ4v) is 2.43. The summed E-state index contributed by atoms with van der Waals surface area (Å²) in [5.74, 6) is -0.676. The van der Waals surface area contributed by atoms with E-state index in [4.69, 9.17) is 0 Å². The lowest BCUT2D eigenvalue weighted by atomic mass is 10.0. The number of amides is 1. The van der Waals surface area contributed by atoms with Crippen LogP contribution < -0.4 is 4.72 Å². The van der Waals surface area contributed by atoms with Crippen LogP contribution in [0.15, 0.2) is 12.5 Å². The van der Waals surface area contributed by atoms with E-state index in [0.29, 0.717) is 0 Å². The third-order valence-electron chi connectivity index (χ3n) is 2.43. The molecule has 1 amide bonds. The first-order chi connectivity index (χ1) is 6.86. The fraction of sp³-hybridized carbons (Fsp3) is 0.375. The molecule has 80 valence electrons. The lowest BCUT2D eigenvalue weighted by Gasteiger charge is -2.29. The molecule has 0 atom stereocenters. The van der Waals surface area contributed by atoms with Crippen molar-refractivity contribution >= 4 is 15.9 Å². The molecule has 0 radical (unpaired) electrons. The second kappa shape index (κ2) is 2.75. The number of nitrogens with zero attached hydrogens (tertiary/aromatic N) is 2. The van der Waals surface area contributed by atoms with Gasteiger partial charge in [-0.05, 0) is 13.8 Å². The highest BCUT2D eigenvalue weighted by Gasteiger charge is 2.45. The van der Waals surface area contributed by atoms with E-state index in [0.717, 1.165) is 0 Å². The Bertz CT molecular complexity index is 536. The first kappa shape index (κ1) is 10.0. The minimum Gasteiger partial charge on any atom is -0.268 e. The molecule has 0 fully saturated rings. The van der Waals surface area contributed by atoms with E-state index in [9.17, 15) is 13.2 Å². The zero-order valence-electron chi connectivity index (χ0n) is 8.18. The molecule has 2 heterocycles. The van der Waals surface area contributed by atoms with E-state index in [-0.39, 0.29) is 11.3 Å². The second-order valence-electron chi connectivity index (χ2n) is 3.73. The van der Waals surface area contributed by atoms with Crippen LogP contribution in [0.2, 0.25) is 0 Å². The van der Waals surface area contributed by atoms with Gasteiger partial charge in [-0.25, -0.2) is 23.1 Å². The van der Waals surface area contributed by atoms with Gasteiger partial charge < -0.3 is 0 Å². The van der Waals surface area contributed by atoms with Crippen molar-refractivity contribution in [1.82, 2.24) is 14.7 Å². The largest absolute Gasteiger partial charge is 0.268 e. The zero-order chi connectivity index (χ0) is 11.3. The van der Waals surface area contributed by atoms with Crippen molar-refractivity contribution in [3.8, 4) is 0 Å². The summed E-state index contributed by atoms with van der Waals surface area (Å²) in [4.78, 5) is 19.0. The summed E-state index contributed by atoms with van der Waals surface area (Å²) in [6.07, 6.45) is 2.54. The molecule has 0 saturated carbocycles. The molecule has 0 saturated heterocycles. The quantitative estimate of drug-likeness (QED) is 0.662. The molecule has 0 spiro atoms. The van der Waals surface area contributed by atoms with Gasteiger partial charge in [-0.3, -0.25) is 4.79 Å². The number of carbonyl (C=O) groups is 1. The molecule has 1 aliphatic heterocycles. The van der Waals surface area contributed by atoms with E-state index in [1.807, 2.05) is 4.72 Å². The normalized spacial score (nSPS) is 21.6. The molecular formula is C8H9N3O3S. The number of carbonyl (C=O) groups excluding carboxylic acids is 1. The molecule has 1 aromatic heterocycles. The number of sulfonamides is 1. The van der Waals surface area contributed by atoms with Crippen LogP contribution in [-0.2, 0) is 14.8 Å². The molecule has 7 heteroatoms. The van der Waals surface area contributed by atoms with E-state index in [2.05, 4.69) is 9.97 Å². The highest BCUT2D eigenvalue weighted by atomic mass is 32.2. The lowest BCUT2D eigenvalue weighted by Crippen LogP contribution is -2.48. The van der Waals surface area contributed by atoms with Gasteiger partial charge in [-0.15, -0.1) is 0 Å². The molecule has 1 N–H and O–H groups in total. The lowest BCUT2D eigenvalue weighted by molar-refractivity contribution is 0.0973. The molecular weight excluding hydrogens is 218 g/mol. The molecule has 0 aliphatic carbocycles. The first-order valence-corrected chi connectivity index (χ1v) is 5.72. The standard InChI is InChI=1S/C8H9N3O3S/c1-8(2)6-5(3-9-4-10-6)7(12)11-15(8,13)14/h3-4H,1-2H3,(H,11,12). The second-order valence-corrected chi connectivity index (χ2v) is 5.96. The van der Waals surface area contributed by atoms with Crippen LogP contribution in [0.5, 0.6) is 0 Å². The van der Waals surface area contributed by atoms with Crippen molar-refractivity contribution in [2.75, 3.05) is 0 Å². The predicted octanol–water partition coefficient (Wildman–Crippen LogP) is -0.215. The maximum Gasteiger partial charge on any atom is 0.268 e. The smallest absolute Gasteiger partial charge is 0.268 e. The number of rotatable bonds is 0. The maximum atomic E-state index is 11.7. The molecule has 1 aliphatic rings. The zero-order valence-corrected chi connectivity index (χ0v) is 9.00. The van der Waals surface area contributed by atoms with Gasteiger partial charge in [0.1, 0.15) is 11.1 Å². The van der Waals surface area contributed by atoms with E-state index < -0.39 is 20.7 Å².